The van der Waals surface area contributed by atoms with E-state index in [1.165, 1.54) is 18.2 Å². The molecule has 0 amide bonds. The van der Waals surface area contributed by atoms with Crippen molar-refractivity contribution >= 4 is 96.4 Å². The second kappa shape index (κ2) is 23.3. The number of nitrogens with one attached hydrogen (secondary N) is 1. The summed E-state index contributed by atoms with van der Waals surface area (Å²) in [5.74, 6) is 2.96. The van der Waals surface area contributed by atoms with Gasteiger partial charge in [-0.25, -0.2) is 9.36 Å². The third-order valence-corrected chi connectivity index (χ3v) is 16.2. The number of ether oxygens (including phenoxy) is 6. The molecule has 4 heterocycles. The van der Waals surface area contributed by atoms with Gasteiger partial charge in [-0.15, -0.1) is 0 Å². The number of hydrogen-bond acceptors (Lipinski definition) is 14. The highest BCUT2D eigenvalue weighted by atomic mass is 28.3. The highest BCUT2D eigenvalue weighted by Crippen LogP contribution is 2.36. The summed E-state index contributed by atoms with van der Waals surface area (Å²) in [7, 11) is -0.530. The minimum absolute atomic E-state index is 0.0351. The first-order valence-corrected chi connectivity index (χ1v) is 32.7. The van der Waals surface area contributed by atoms with Gasteiger partial charge in [-0.05, 0) is 108 Å². The molecule has 18 nitrogen and oxygen atoms in total. The molecule has 0 unspecified atom stereocenters. The fourth-order valence-electron chi connectivity index (χ4n) is 8.39. The molecule has 0 radical (unpaired) electrons. The number of nitro benzene ring substituents is 2. The third kappa shape index (κ3) is 13.8. The van der Waals surface area contributed by atoms with Crippen LogP contribution < -0.4 is 29.2 Å². The molecule has 6 aromatic carbocycles. The lowest BCUT2D eigenvalue weighted by molar-refractivity contribution is -0.385. The van der Waals surface area contributed by atoms with E-state index in [9.17, 15) is 20.2 Å². The van der Waals surface area contributed by atoms with Crippen molar-refractivity contribution in [2.75, 3.05) is 44.1 Å². The number of nitro groups is 2. The van der Waals surface area contributed by atoms with Crippen molar-refractivity contribution in [3.8, 4) is 23.0 Å². The standard InChI is InChI=1S/C29H32N4O5Si.C28H30N4O5Si/c1-31(22-6-5-7-24(17-22)33(34)35)23-10-11-25-26(12-8-21-9-13-28-29(16-21)38-20-37-28)30-32(27(25)18-23)19-36-14-15-39(2,3)4;1-38(2,3)14-13-35-18-31-26-17-22(29-21-5-4-6-23(16-21)32(33)34)9-10-24(26)25(30-31)11-7-20-8-12-27-28(15-20)37-19-36-27/h5-13,16-18H,14-15,19-20H2,1-4H3;4-12,15-17,29H,13-14,18-19H2,1-3H3/b12-8+;11-7+. The van der Waals surface area contributed by atoms with Gasteiger partial charge in [-0.2, -0.15) is 10.2 Å². The molecule has 0 spiro atoms. The maximum atomic E-state index is 11.3. The Morgan fingerprint density at radius 1 is 0.571 bits per heavy atom. The van der Waals surface area contributed by atoms with Crippen LogP contribution in [-0.2, 0) is 22.9 Å². The molecule has 0 aliphatic carbocycles. The Kier molecular flexibility index (Phi) is 16.2. The van der Waals surface area contributed by atoms with E-state index in [0.717, 1.165) is 96.5 Å². The fourth-order valence-corrected chi connectivity index (χ4v) is 9.90. The van der Waals surface area contributed by atoms with Crippen LogP contribution in [0, 0.1) is 20.2 Å². The van der Waals surface area contributed by atoms with E-state index in [1.54, 1.807) is 24.3 Å². The third-order valence-electron chi connectivity index (χ3n) is 12.8. The van der Waals surface area contributed by atoms with E-state index in [2.05, 4.69) is 44.6 Å². The van der Waals surface area contributed by atoms with Crippen molar-refractivity contribution in [1.82, 2.24) is 19.6 Å². The Hall–Kier alpha value is -8.31. The predicted octanol–water partition coefficient (Wildman–Crippen LogP) is 13.8. The molecular weight excluding hydrogens is 1010 g/mol. The van der Waals surface area contributed by atoms with Crippen molar-refractivity contribution in [1.29, 1.82) is 0 Å². The quantitative estimate of drug-likeness (QED) is 0.0328. The molecule has 2 aromatic heterocycles. The number of nitrogens with zero attached hydrogens (tertiary/aromatic N) is 7. The minimum Gasteiger partial charge on any atom is -0.454 e. The summed E-state index contributed by atoms with van der Waals surface area (Å²) in [5.41, 5.74) is 8.55. The molecule has 20 heteroatoms. The molecule has 8 aromatic rings. The molecule has 0 saturated carbocycles. The van der Waals surface area contributed by atoms with Gasteiger partial charge >= 0.3 is 0 Å². The molecule has 2 aliphatic rings. The van der Waals surface area contributed by atoms with Crippen LogP contribution in [0.1, 0.15) is 22.5 Å². The second-order valence-electron chi connectivity index (χ2n) is 21.1. The Morgan fingerprint density at radius 2 is 1.05 bits per heavy atom. The van der Waals surface area contributed by atoms with E-state index < -0.39 is 21.1 Å². The minimum atomic E-state index is -1.22. The maximum Gasteiger partial charge on any atom is 0.271 e. The number of rotatable bonds is 20. The maximum absolute atomic E-state index is 11.3. The van der Waals surface area contributed by atoms with Crippen molar-refractivity contribution in [3.05, 3.63) is 164 Å². The predicted molar refractivity (Wildman–Crippen MR) is 308 cm³/mol. The molecule has 0 atom stereocenters. The van der Waals surface area contributed by atoms with Gasteiger partial charge < -0.3 is 38.6 Å². The molecule has 0 saturated heterocycles. The zero-order valence-electron chi connectivity index (χ0n) is 44.2. The number of aromatic nitrogens is 4. The first-order chi connectivity index (χ1) is 36.9. The number of anilines is 4. The second-order valence-corrected chi connectivity index (χ2v) is 32.3. The van der Waals surface area contributed by atoms with Crippen LogP contribution in [0.25, 0.3) is 46.1 Å². The Labute approximate surface area is 448 Å². The molecule has 0 fully saturated rings. The van der Waals surface area contributed by atoms with E-state index in [4.69, 9.17) is 38.6 Å². The van der Waals surface area contributed by atoms with Gasteiger partial charge in [0.25, 0.3) is 11.4 Å². The van der Waals surface area contributed by atoms with Gasteiger partial charge in [-0.1, -0.05) is 75.7 Å². The first kappa shape index (κ1) is 53.5. The molecule has 2 aliphatic heterocycles. The summed E-state index contributed by atoms with van der Waals surface area (Å²) in [5, 5.41) is 37.4. The van der Waals surface area contributed by atoms with E-state index in [0.29, 0.717) is 32.4 Å². The van der Waals surface area contributed by atoms with Crippen molar-refractivity contribution in [3.63, 3.8) is 0 Å². The number of fused-ring (bicyclic) bond motifs is 4. The SMILES string of the molecule is CN(c1cccc([N+](=O)[O-])c1)c1ccc2c(/C=C/c3ccc4c(c3)OCO4)nn(COCC[Si](C)(C)C)c2c1.C[Si](C)(C)CCOCn1nc(/C=C/c2ccc3c(c2)OCO3)c2ccc(Nc3cccc([N+](=O)[O-])c3)cc21. The van der Waals surface area contributed by atoms with E-state index in [-0.39, 0.29) is 29.9 Å². The Morgan fingerprint density at radius 3 is 1.60 bits per heavy atom. The average molecular weight is 1080 g/mol. The highest BCUT2D eigenvalue weighted by molar-refractivity contribution is 6.76. The number of benzene rings is 6. The molecule has 10 rings (SSSR count). The monoisotopic (exact) mass is 1070 g/mol. The normalized spacial score (nSPS) is 12.9. The topological polar surface area (TPSA) is 193 Å². The van der Waals surface area contributed by atoms with Gasteiger partial charge in [0.2, 0.25) is 13.6 Å². The van der Waals surface area contributed by atoms with Crippen molar-refractivity contribution < 1.29 is 38.3 Å². The lowest BCUT2D eigenvalue weighted by atomic mass is 10.1. The molecule has 0 bridgehead atoms. The van der Waals surface area contributed by atoms with Gasteiger partial charge in [0.05, 0.1) is 32.3 Å². The zero-order chi connectivity index (χ0) is 54.3. The smallest absolute Gasteiger partial charge is 0.271 e. The number of hydrogen-bond donors (Lipinski definition) is 1. The van der Waals surface area contributed by atoms with Gasteiger partial charge in [-0.3, -0.25) is 20.2 Å². The fraction of sp³-hybridized carbons (Fsp3) is 0.263. The van der Waals surface area contributed by atoms with Crippen LogP contribution in [0.2, 0.25) is 51.4 Å². The van der Waals surface area contributed by atoms with Gasteiger partial charge in [0.15, 0.2) is 23.0 Å². The summed E-state index contributed by atoms with van der Waals surface area (Å²) in [4.78, 5) is 23.6. The van der Waals surface area contributed by atoms with Crippen LogP contribution in [0.4, 0.5) is 34.1 Å². The first-order valence-electron chi connectivity index (χ1n) is 25.2. The summed E-state index contributed by atoms with van der Waals surface area (Å²) >= 11 is 0. The van der Waals surface area contributed by atoms with Crippen molar-refractivity contribution in [2.24, 2.45) is 0 Å². The zero-order valence-corrected chi connectivity index (χ0v) is 46.2. The van der Waals surface area contributed by atoms with Crippen molar-refractivity contribution in [2.45, 2.75) is 64.8 Å². The lowest BCUT2D eigenvalue weighted by Crippen LogP contribution is -2.22. The van der Waals surface area contributed by atoms with Crippen LogP contribution in [-0.4, -0.2) is 79.4 Å². The van der Waals surface area contributed by atoms with Crippen LogP contribution in [0.15, 0.2) is 121 Å². The summed E-state index contributed by atoms with van der Waals surface area (Å²) in [6, 6.07) is 38.9. The van der Waals surface area contributed by atoms with Crippen LogP contribution in [0.5, 0.6) is 23.0 Å². The Bertz CT molecular complexity index is 3510. The molecular formula is C57H62N8O10Si2. The van der Waals surface area contributed by atoms with E-state index in [1.807, 2.05) is 124 Å². The summed E-state index contributed by atoms with van der Waals surface area (Å²) in [6.07, 6.45) is 7.97. The lowest BCUT2D eigenvalue weighted by Gasteiger charge is -2.20. The molecule has 1 N–H and O–H groups in total. The van der Waals surface area contributed by atoms with E-state index >= 15 is 0 Å². The van der Waals surface area contributed by atoms with Crippen LogP contribution >= 0.6 is 0 Å². The number of non-ortho nitro benzene ring substituents is 2. The van der Waals surface area contributed by atoms with Crippen LogP contribution in [0.3, 0.4) is 0 Å². The summed E-state index contributed by atoms with van der Waals surface area (Å²) in [6.45, 7) is 16.5. The molecule has 77 heavy (non-hydrogen) atoms. The largest absolute Gasteiger partial charge is 0.454 e. The highest BCUT2D eigenvalue weighted by Gasteiger charge is 2.19. The Balaban J connectivity index is 0.000000188. The summed E-state index contributed by atoms with van der Waals surface area (Å²) < 4.78 is 37.6. The molecule has 398 valence electrons. The van der Waals surface area contributed by atoms with Gasteiger partial charge in [0, 0.05) is 94.2 Å². The average Bonchev–Trinajstić information content (AvgIpc) is 4.23. The van der Waals surface area contributed by atoms with Gasteiger partial charge in [0.1, 0.15) is 13.5 Å².